The summed E-state index contributed by atoms with van der Waals surface area (Å²) >= 11 is 0. The number of ketones is 1. The molecule has 0 spiro atoms. The van der Waals surface area contributed by atoms with Gasteiger partial charge in [-0.15, -0.1) is 0 Å². The molecule has 21 heavy (non-hydrogen) atoms. The van der Waals surface area contributed by atoms with Gasteiger partial charge >= 0.3 is 5.97 Å². The maximum absolute atomic E-state index is 12.3. The number of Topliss-reactive ketones (excluding diaryl/α,β-unsaturated/α-hetero) is 1. The number of carbonyl (C=O) groups is 3. The summed E-state index contributed by atoms with van der Waals surface area (Å²) in [5.74, 6) is -0.462. The summed E-state index contributed by atoms with van der Waals surface area (Å²) < 4.78 is 5.26. The number of rotatable bonds is 5. The van der Waals surface area contributed by atoms with Crippen LogP contribution in [0, 0.1) is 5.41 Å². The Morgan fingerprint density at radius 1 is 1.00 bits per heavy atom. The monoisotopic (exact) mass is 295 g/mol. The van der Waals surface area contributed by atoms with Crippen molar-refractivity contribution in [3.05, 3.63) is 0 Å². The highest BCUT2D eigenvalue weighted by Gasteiger charge is 2.43. The standard InChI is InChI=1S/C16H25NO4/c1-13(18)11-16(7-3-4-8-16)15(20)21-12-14(19)17-9-5-2-6-10-17/h2-12H2,1H3. The highest BCUT2D eigenvalue weighted by Crippen LogP contribution is 2.42. The first-order valence-electron chi connectivity index (χ1n) is 7.98. The topological polar surface area (TPSA) is 63.7 Å². The molecular weight excluding hydrogens is 270 g/mol. The molecule has 5 heteroatoms. The highest BCUT2D eigenvalue weighted by atomic mass is 16.5. The molecule has 1 saturated carbocycles. The van der Waals surface area contributed by atoms with E-state index in [0.29, 0.717) is 12.8 Å². The average molecular weight is 295 g/mol. The van der Waals surface area contributed by atoms with Gasteiger partial charge in [0.05, 0.1) is 5.41 Å². The molecule has 0 unspecified atom stereocenters. The SMILES string of the molecule is CC(=O)CC1(C(=O)OCC(=O)N2CCCCC2)CCCC1. The van der Waals surface area contributed by atoms with Gasteiger partial charge in [0.15, 0.2) is 6.61 Å². The second kappa shape index (κ2) is 7.05. The zero-order valence-electron chi connectivity index (χ0n) is 12.9. The van der Waals surface area contributed by atoms with Gasteiger partial charge in [-0.05, 0) is 39.0 Å². The van der Waals surface area contributed by atoms with E-state index in [1.165, 1.54) is 6.92 Å². The van der Waals surface area contributed by atoms with E-state index < -0.39 is 5.41 Å². The molecule has 0 aromatic heterocycles. The minimum Gasteiger partial charge on any atom is -0.455 e. The van der Waals surface area contributed by atoms with Gasteiger partial charge in [-0.25, -0.2) is 0 Å². The number of hydrogen-bond donors (Lipinski definition) is 0. The molecule has 0 aromatic carbocycles. The summed E-state index contributed by atoms with van der Waals surface area (Å²) in [6, 6.07) is 0. The molecule has 1 heterocycles. The van der Waals surface area contributed by atoms with Crippen LogP contribution in [0.15, 0.2) is 0 Å². The van der Waals surface area contributed by atoms with E-state index >= 15 is 0 Å². The normalized spacial score (nSPS) is 21.1. The number of nitrogens with zero attached hydrogens (tertiary/aromatic N) is 1. The van der Waals surface area contributed by atoms with Crippen LogP contribution in [0.3, 0.4) is 0 Å². The third-order valence-corrected chi connectivity index (χ3v) is 4.62. The van der Waals surface area contributed by atoms with Crippen molar-refractivity contribution in [3.63, 3.8) is 0 Å². The van der Waals surface area contributed by atoms with Crippen LogP contribution >= 0.6 is 0 Å². The fraction of sp³-hybridized carbons (Fsp3) is 0.812. The van der Waals surface area contributed by atoms with Crippen LogP contribution in [0.4, 0.5) is 0 Å². The summed E-state index contributed by atoms with van der Waals surface area (Å²) in [6.45, 7) is 2.84. The lowest BCUT2D eigenvalue weighted by Gasteiger charge is -2.28. The maximum Gasteiger partial charge on any atom is 0.313 e. The third-order valence-electron chi connectivity index (χ3n) is 4.62. The molecular formula is C16H25NO4. The Kier molecular flexibility index (Phi) is 5.37. The zero-order chi connectivity index (χ0) is 15.3. The van der Waals surface area contributed by atoms with Crippen LogP contribution in [-0.2, 0) is 19.1 Å². The molecule has 1 amide bonds. The van der Waals surface area contributed by atoms with Crippen LogP contribution in [0.5, 0.6) is 0 Å². The summed E-state index contributed by atoms with van der Waals surface area (Å²) in [5, 5.41) is 0. The first kappa shape index (κ1) is 16.0. The second-order valence-electron chi connectivity index (χ2n) is 6.38. The second-order valence-corrected chi connectivity index (χ2v) is 6.38. The van der Waals surface area contributed by atoms with Crippen LogP contribution in [-0.4, -0.2) is 42.3 Å². The Labute approximate surface area is 126 Å². The van der Waals surface area contributed by atoms with E-state index in [2.05, 4.69) is 0 Å². The number of esters is 1. The van der Waals surface area contributed by atoms with Crippen molar-refractivity contribution in [2.75, 3.05) is 19.7 Å². The number of carbonyl (C=O) groups excluding carboxylic acids is 3. The van der Waals surface area contributed by atoms with Crippen molar-refractivity contribution < 1.29 is 19.1 Å². The Hall–Kier alpha value is -1.39. The predicted octanol–water partition coefficient (Wildman–Crippen LogP) is 2.08. The van der Waals surface area contributed by atoms with E-state index in [-0.39, 0.29) is 30.7 Å². The van der Waals surface area contributed by atoms with E-state index in [1.54, 1.807) is 4.90 Å². The van der Waals surface area contributed by atoms with Gasteiger partial charge in [-0.3, -0.25) is 14.4 Å². The van der Waals surface area contributed by atoms with Crippen molar-refractivity contribution in [1.82, 2.24) is 4.90 Å². The van der Waals surface area contributed by atoms with Crippen LogP contribution < -0.4 is 0 Å². The van der Waals surface area contributed by atoms with E-state index in [4.69, 9.17) is 4.74 Å². The first-order valence-corrected chi connectivity index (χ1v) is 7.98. The van der Waals surface area contributed by atoms with Crippen LogP contribution in [0.1, 0.15) is 58.3 Å². The van der Waals surface area contributed by atoms with Gasteiger partial charge in [-0.1, -0.05) is 12.8 Å². The minimum absolute atomic E-state index is 0.0104. The number of ether oxygens (including phenoxy) is 1. The highest BCUT2D eigenvalue weighted by molar-refractivity contribution is 5.87. The summed E-state index contributed by atoms with van der Waals surface area (Å²) in [6.07, 6.45) is 6.73. The molecule has 0 atom stereocenters. The van der Waals surface area contributed by atoms with Gasteiger partial charge < -0.3 is 9.64 Å². The predicted molar refractivity (Wildman–Crippen MR) is 77.6 cm³/mol. The third kappa shape index (κ3) is 4.05. The summed E-state index contributed by atoms with van der Waals surface area (Å²) in [7, 11) is 0. The van der Waals surface area contributed by atoms with Crippen molar-refractivity contribution in [2.45, 2.75) is 58.3 Å². The van der Waals surface area contributed by atoms with Gasteiger partial charge in [0.25, 0.3) is 5.91 Å². The molecule has 0 bridgehead atoms. The smallest absolute Gasteiger partial charge is 0.313 e. The molecule has 2 rings (SSSR count). The average Bonchev–Trinajstić information content (AvgIpc) is 2.94. The fourth-order valence-corrected chi connectivity index (χ4v) is 3.50. The van der Waals surface area contributed by atoms with Gasteiger partial charge in [0, 0.05) is 19.5 Å². The van der Waals surface area contributed by atoms with Gasteiger partial charge in [0.2, 0.25) is 0 Å². The van der Waals surface area contributed by atoms with E-state index in [1.807, 2.05) is 0 Å². The molecule has 5 nitrogen and oxygen atoms in total. The van der Waals surface area contributed by atoms with Crippen LogP contribution in [0.2, 0.25) is 0 Å². The van der Waals surface area contributed by atoms with E-state index in [9.17, 15) is 14.4 Å². The summed E-state index contributed by atoms with van der Waals surface area (Å²) in [5.41, 5.74) is -0.673. The lowest BCUT2D eigenvalue weighted by atomic mass is 9.81. The molecule has 2 aliphatic rings. The largest absolute Gasteiger partial charge is 0.455 e. The molecule has 1 aliphatic carbocycles. The molecule has 1 aliphatic heterocycles. The van der Waals surface area contributed by atoms with Crippen LogP contribution in [0.25, 0.3) is 0 Å². The Balaban J connectivity index is 1.87. The molecule has 0 aromatic rings. The minimum atomic E-state index is -0.673. The van der Waals surface area contributed by atoms with E-state index in [0.717, 1.165) is 45.2 Å². The van der Waals surface area contributed by atoms with Crippen molar-refractivity contribution in [2.24, 2.45) is 5.41 Å². The number of likely N-dealkylation sites (tertiary alicyclic amines) is 1. The Morgan fingerprint density at radius 2 is 1.62 bits per heavy atom. The molecule has 118 valence electrons. The van der Waals surface area contributed by atoms with Crippen molar-refractivity contribution in [1.29, 1.82) is 0 Å². The van der Waals surface area contributed by atoms with Crippen molar-refractivity contribution in [3.8, 4) is 0 Å². The molecule has 2 fully saturated rings. The van der Waals surface area contributed by atoms with Crippen molar-refractivity contribution >= 4 is 17.7 Å². The number of piperidine rings is 1. The lowest BCUT2D eigenvalue weighted by molar-refractivity contribution is -0.162. The number of amides is 1. The molecule has 0 N–H and O–H groups in total. The lowest BCUT2D eigenvalue weighted by Crippen LogP contribution is -2.40. The van der Waals surface area contributed by atoms with Gasteiger partial charge in [-0.2, -0.15) is 0 Å². The molecule has 0 radical (unpaired) electrons. The summed E-state index contributed by atoms with van der Waals surface area (Å²) in [4.78, 5) is 37.5. The first-order chi connectivity index (χ1) is 10.0. The maximum atomic E-state index is 12.3. The van der Waals surface area contributed by atoms with Gasteiger partial charge in [0.1, 0.15) is 5.78 Å². The fourth-order valence-electron chi connectivity index (χ4n) is 3.50. The quantitative estimate of drug-likeness (QED) is 0.728. The zero-order valence-corrected chi connectivity index (χ0v) is 12.9. The Morgan fingerprint density at radius 3 is 2.19 bits per heavy atom. The number of hydrogen-bond acceptors (Lipinski definition) is 4. The Bertz CT molecular complexity index is 407. The molecule has 1 saturated heterocycles.